The van der Waals surface area contributed by atoms with Crippen LogP contribution in [0.1, 0.15) is 51.9 Å². The molecule has 2 N–H and O–H groups in total. The lowest BCUT2D eigenvalue weighted by molar-refractivity contribution is -0.132. The summed E-state index contributed by atoms with van der Waals surface area (Å²) in [5.74, 6) is -2.30. The molecule has 0 radical (unpaired) electrons. The second kappa shape index (κ2) is 12.3. The molecule has 1 saturated heterocycles. The van der Waals surface area contributed by atoms with Crippen molar-refractivity contribution in [1.29, 1.82) is 0 Å². The molecule has 0 saturated carbocycles. The van der Waals surface area contributed by atoms with E-state index in [0.29, 0.717) is 34.7 Å². The maximum Gasteiger partial charge on any atom is 0.350 e. The fraction of sp³-hybridized carbons (Fsp3) is 0.267. The molecule has 214 valence electrons. The lowest BCUT2D eigenvalue weighted by Gasteiger charge is -2.23. The number of carbonyl (C=O) groups is 3. The van der Waals surface area contributed by atoms with Crippen LogP contribution in [-0.4, -0.2) is 52.7 Å². The van der Waals surface area contributed by atoms with E-state index >= 15 is 0 Å². The van der Waals surface area contributed by atoms with Gasteiger partial charge in [-0.15, -0.1) is 0 Å². The average molecular weight is 579 g/mol. The predicted molar refractivity (Wildman–Crippen MR) is 154 cm³/mol. The molecule has 2 aromatic carbocycles. The molecule has 10 nitrogen and oxygen atoms in total. The van der Waals surface area contributed by atoms with Crippen molar-refractivity contribution in [2.24, 2.45) is 0 Å². The Balaban J connectivity index is 1.91. The van der Waals surface area contributed by atoms with Crippen LogP contribution < -0.4 is 14.4 Å². The molecule has 1 atom stereocenters. The number of nitrogens with zero attached hydrogens (tertiary/aromatic N) is 2. The third-order valence-corrected chi connectivity index (χ3v) is 7.44. The molecule has 1 fully saturated rings. The molecule has 0 bridgehead atoms. The van der Waals surface area contributed by atoms with Crippen molar-refractivity contribution in [2.45, 2.75) is 33.7 Å². The number of ether oxygens (including phenoxy) is 3. The highest BCUT2D eigenvalue weighted by Crippen LogP contribution is 2.45. The van der Waals surface area contributed by atoms with Crippen LogP contribution in [0.4, 0.5) is 5.13 Å². The number of thiazole rings is 1. The molecule has 1 aliphatic rings. The Kier molecular flexibility index (Phi) is 8.77. The van der Waals surface area contributed by atoms with Gasteiger partial charge in [0.05, 0.1) is 30.5 Å². The van der Waals surface area contributed by atoms with Gasteiger partial charge < -0.3 is 24.4 Å². The van der Waals surface area contributed by atoms with Crippen molar-refractivity contribution >= 4 is 39.9 Å². The molecular weight excluding hydrogens is 548 g/mol. The molecule has 0 aliphatic carbocycles. The van der Waals surface area contributed by atoms with Gasteiger partial charge in [0.15, 0.2) is 16.6 Å². The summed E-state index contributed by atoms with van der Waals surface area (Å²) in [6, 6.07) is 8.15. The second-order valence-electron chi connectivity index (χ2n) is 9.04. The lowest BCUT2D eigenvalue weighted by Crippen LogP contribution is -2.29. The number of aliphatic hydroxyl groups excluding tert-OH is 1. The predicted octanol–water partition coefficient (Wildman–Crippen LogP) is 5.23. The smallest absolute Gasteiger partial charge is 0.350 e. The molecule has 1 aromatic heterocycles. The summed E-state index contributed by atoms with van der Waals surface area (Å²) in [4.78, 5) is 45.3. The Morgan fingerprint density at radius 1 is 1.10 bits per heavy atom. The number of anilines is 1. The van der Waals surface area contributed by atoms with E-state index < -0.39 is 29.5 Å². The van der Waals surface area contributed by atoms with Gasteiger partial charge in [-0.2, -0.15) is 0 Å². The van der Waals surface area contributed by atoms with Gasteiger partial charge in [0.1, 0.15) is 23.0 Å². The van der Waals surface area contributed by atoms with E-state index in [9.17, 15) is 24.6 Å². The van der Waals surface area contributed by atoms with E-state index in [0.717, 1.165) is 16.2 Å². The topological polar surface area (TPSA) is 135 Å². The fourth-order valence-corrected chi connectivity index (χ4v) is 5.44. The summed E-state index contributed by atoms with van der Waals surface area (Å²) >= 11 is 0.906. The zero-order valence-electron chi connectivity index (χ0n) is 23.1. The second-order valence-corrected chi connectivity index (χ2v) is 10.0. The highest BCUT2D eigenvalue weighted by Gasteiger charge is 2.48. The van der Waals surface area contributed by atoms with Gasteiger partial charge in [-0.05, 0) is 69.2 Å². The number of amides is 1. The van der Waals surface area contributed by atoms with Crippen LogP contribution in [-0.2, 0) is 14.3 Å². The summed E-state index contributed by atoms with van der Waals surface area (Å²) in [5.41, 5.74) is 1.51. The van der Waals surface area contributed by atoms with Crippen molar-refractivity contribution < 1.29 is 38.8 Å². The number of esters is 1. The van der Waals surface area contributed by atoms with E-state index in [2.05, 4.69) is 11.6 Å². The minimum Gasteiger partial charge on any atom is -0.507 e. The van der Waals surface area contributed by atoms with Gasteiger partial charge in [-0.1, -0.05) is 30.1 Å². The Morgan fingerprint density at radius 2 is 1.85 bits per heavy atom. The molecule has 2 heterocycles. The monoisotopic (exact) mass is 578 g/mol. The first-order chi connectivity index (χ1) is 19.6. The van der Waals surface area contributed by atoms with Gasteiger partial charge in [-0.25, -0.2) is 9.78 Å². The number of aromatic hydroxyl groups is 1. The molecular formula is C30H30N2O8S. The third kappa shape index (κ3) is 5.66. The molecule has 1 unspecified atom stereocenters. The molecule has 0 spiro atoms. The van der Waals surface area contributed by atoms with Crippen LogP contribution in [0, 0.1) is 13.8 Å². The summed E-state index contributed by atoms with van der Waals surface area (Å²) in [5, 5.41) is 21.9. The number of aromatic nitrogens is 1. The number of aryl methyl sites for hydroxylation is 2. The number of hydrogen-bond donors (Lipinski definition) is 2. The summed E-state index contributed by atoms with van der Waals surface area (Å²) in [6.45, 7) is 11.1. The van der Waals surface area contributed by atoms with Crippen LogP contribution in [0.25, 0.3) is 5.76 Å². The third-order valence-electron chi connectivity index (χ3n) is 6.30. The summed E-state index contributed by atoms with van der Waals surface area (Å²) in [6.07, 6.45) is 1.61. The van der Waals surface area contributed by atoms with Crippen molar-refractivity contribution in [3.8, 4) is 17.2 Å². The fourth-order valence-electron chi connectivity index (χ4n) is 4.45. The highest BCUT2D eigenvalue weighted by molar-refractivity contribution is 7.17. The standard InChI is InChI=1S/C30H30N2O8S/c1-6-13-40-21-12-10-19(14-16(21)4)25(34)23-24(18-9-11-20(33)22(15-18)38-7-2)32(28(36)26(23)35)30-31-17(5)27(41-30)29(37)39-8-3/h6,9-12,14-15,24,33-34H,1,7-8,13H2,2-5H3. The number of phenolic OH excluding ortho intramolecular Hbond substituents is 1. The van der Waals surface area contributed by atoms with E-state index in [1.807, 2.05) is 0 Å². The van der Waals surface area contributed by atoms with Gasteiger partial charge >= 0.3 is 11.9 Å². The minimum atomic E-state index is -1.15. The number of hydrogen-bond acceptors (Lipinski definition) is 10. The van der Waals surface area contributed by atoms with Crippen LogP contribution in [0.15, 0.2) is 54.6 Å². The van der Waals surface area contributed by atoms with E-state index in [1.54, 1.807) is 52.0 Å². The molecule has 4 rings (SSSR count). The van der Waals surface area contributed by atoms with E-state index in [4.69, 9.17) is 14.2 Å². The van der Waals surface area contributed by atoms with Gasteiger partial charge in [0.25, 0.3) is 5.78 Å². The molecule has 11 heteroatoms. The number of carbonyl (C=O) groups excluding carboxylic acids is 3. The Morgan fingerprint density at radius 3 is 2.51 bits per heavy atom. The molecule has 41 heavy (non-hydrogen) atoms. The number of phenols is 1. The SMILES string of the molecule is C=CCOc1ccc(C(O)=C2C(=O)C(=O)N(c3nc(C)c(C(=O)OCC)s3)C2c2ccc(O)c(OCC)c2)cc1C. The largest absolute Gasteiger partial charge is 0.507 e. The van der Waals surface area contributed by atoms with Gasteiger partial charge in [0, 0.05) is 5.56 Å². The number of rotatable bonds is 10. The van der Waals surface area contributed by atoms with Gasteiger partial charge in [0.2, 0.25) is 0 Å². The normalized spacial score (nSPS) is 16.1. The molecule has 1 aliphatic heterocycles. The number of ketones is 1. The maximum atomic E-state index is 13.5. The number of benzene rings is 2. The van der Waals surface area contributed by atoms with Crippen molar-refractivity contribution in [3.63, 3.8) is 0 Å². The first-order valence-corrected chi connectivity index (χ1v) is 13.7. The van der Waals surface area contributed by atoms with Crippen LogP contribution in [0.2, 0.25) is 0 Å². The average Bonchev–Trinajstić information content (AvgIpc) is 3.45. The van der Waals surface area contributed by atoms with Crippen molar-refractivity contribution in [3.05, 3.63) is 81.9 Å². The van der Waals surface area contributed by atoms with Crippen LogP contribution >= 0.6 is 11.3 Å². The minimum absolute atomic E-state index is 0.0760. The van der Waals surface area contributed by atoms with E-state index in [-0.39, 0.29) is 40.3 Å². The lowest BCUT2D eigenvalue weighted by atomic mass is 9.94. The quantitative estimate of drug-likeness (QED) is 0.109. The van der Waals surface area contributed by atoms with Crippen molar-refractivity contribution in [2.75, 3.05) is 24.7 Å². The van der Waals surface area contributed by atoms with Crippen LogP contribution in [0.5, 0.6) is 17.2 Å². The Labute approximate surface area is 241 Å². The van der Waals surface area contributed by atoms with Gasteiger partial charge in [-0.3, -0.25) is 14.5 Å². The van der Waals surface area contributed by atoms with E-state index in [1.165, 1.54) is 18.2 Å². The summed E-state index contributed by atoms with van der Waals surface area (Å²) in [7, 11) is 0. The Bertz CT molecular complexity index is 1560. The number of aliphatic hydroxyl groups is 1. The highest BCUT2D eigenvalue weighted by atomic mass is 32.1. The van der Waals surface area contributed by atoms with Crippen molar-refractivity contribution in [1.82, 2.24) is 4.98 Å². The maximum absolute atomic E-state index is 13.5. The first-order valence-electron chi connectivity index (χ1n) is 12.9. The van der Waals surface area contributed by atoms with Crippen LogP contribution in [0.3, 0.4) is 0 Å². The first kappa shape index (κ1) is 29.3. The molecule has 3 aromatic rings. The zero-order valence-corrected chi connectivity index (χ0v) is 23.9. The Hall–Kier alpha value is -4.64. The summed E-state index contributed by atoms with van der Waals surface area (Å²) < 4.78 is 16.3. The number of Topliss-reactive ketones (excluding diaryl/α,β-unsaturated/α-hetero) is 1. The zero-order chi connectivity index (χ0) is 29.8. The molecule has 1 amide bonds.